The summed E-state index contributed by atoms with van der Waals surface area (Å²) in [7, 11) is 0. The number of fused-ring (bicyclic) bond motifs is 6. The van der Waals surface area contributed by atoms with Gasteiger partial charge < -0.3 is 4.57 Å². The van der Waals surface area contributed by atoms with E-state index >= 15 is 0 Å². The second-order valence-corrected chi connectivity index (χ2v) is 11.7. The summed E-state index contributed by atoms with van der Waals surface area (Å²) in [5, 5.41) is 2.55. The zero-order chi connectivity index (χ0) is 29.0. The largest absolute Gasteiger partial charge is 0.309 e. The molecule has 0 fully saturated rings. The summed E-state index contributed by atoms with van der Waals surface area (Å²) in [6.45, 7) is 0. The van der Waals surface area contributed by atoms with Crippen molar-refractivity contribution < 1.29 is 0 Å². The molecule has 0 bridgehead atoms. The van der Waals surface area contributed by atoms with Crippen molar-refractivity contribution >= 4 is 21.8 Å². The van der Waals surface area contributed by atoms with Gasteiger partial charge in [0.1, 0.15) is 0 Å². The molecule has 0 spiro atoms. The Balaban J connectivity index is 1.22. The summed E-state index contributed by atoms with van der Waals surface area (Å²) in [6, 6.07) is 62.2. The molecule has 0 radical (unpaired) electrons. The van der Waals surface area contributed by atoms with Crippen LogP contribution in [0.4, 0.5) is 0 Å². The van der Waals surface area contributed by atoms with E-state index in [1.54, 1.807) is 0 Å². The van der Waals surface area contributed by atoms with Crippen LogP contribution in [0.2, 0.25) is 0 Å². The maximum absolute atomic E-state index is 2.44. The van der Waals surface area contributed by atoms with Crippen molar-refractivity contribution in [3.8, 4) is 39.1 Å². The Hall–Kier alpha value is -5.66. The first-order chi connectivity index (χ1) is 21.8. The normalized spacial score (nSPS) is 13.7. The summed E-state index contributed by atoms with van der Waals surface area (Å²) in [5.41, 5.74) is 15.4. The molecule has 0 aliphatic heterocycles. The third-order valence-corrected chi connectivity index (χ3v) is 9.27. The van der Waals surface area contributed by atoms with Crippen LogP contribution in [0.5, 0.6) is 0 Å². The quantitative estimate of drug-likeness (QED) is 0.202. The summed E-state index contributed by atoms with van der Waals surface area (Å²) in [5.74, 6) is 0.185. The van der Waals surface area contributed by atoms with E-state index in [0.717, 1.165) is 0 Å². The van der Waals surface area contributed by atoms with Crippen molar-refractivity contribution in [1.29, 1.82) is 0 Å². The number of hydrogen-bond donors (Lipinski definition) is 0. The summed E-state index contributed by atoms with van der Waals surface area (Å²) < 4.78 is 2.40. The molecular weight excluding hydrogens is 530 g/mol. The number of rotatable bonds is 4. The molecule has 0 saturated carbocycles. The molecule has 1 unspecified atom stereocenters. The minimum Gasteiger partial charge on any atom is -0.309 e. The van der Waals surface area contributed by atoms with E-state index in [-0.39, 0.29) is 5.92 Å². The SMILES string of the molecule is c1ccc(-c2cccc(C3c4ccccc4-c4ccc(-c5ccc6c7ccccc7n(-c7ccccc7)c6c5)cc43)c2)cc1. The monoisotopic (exact) mass is 559 g/mol. The zero-order valence-corrected chi connectivity index (χ0v) is 24.2. The Morgan fingerprint density at radius 1 is 0.364 bits per heavy atom. The van der Waals surface area contributed by atoms with Gasteiger partial charge in [-0.25, -0.2) is 0 Å². The van der Waals surface area contributed by atoms with E-state index < -0.39 is 0 Å². The van der Waals surface area contributed by atoms with Gasteiger partial charge in [-0.05, 0) is 80.4 Å². The molecule has 8 aromatic rings. The molecule has 7 aromatic carbocycles. The molecule has 1 heterocycles. The van der Waals surface area contributed by atoms with E-state index in [9.17, 15) is 0 Å². The highest BCUT2D eigenvalue weighted by atomic mass is 15.0. The van der Waals surface area contributed by atoms with E-state index in [4.69, 9.17) is 0 Å². The smallest absolute Gasteiger partial charge is 0.0547 e. The Bertz CT molecular complexity index is 2330. The standard InChI is InChI=1S/C43H29N/c1-3-12-29(13-4-1)30-14-11-15-33(26-30)43-39-20-8-7-18-35(39)36-24-22-31(27-40(36)43)32-23-25-38-37-19-9-10-21-41(37)44(42(38)28-32)34-16-5-2-6-17-34/h1-28,43H. The second kappa shape index (κ2) is 9.97. The van der Waals surface area contributed by atoms with Crippen molar-refractivity contribution in [1.82, 2.24) is 4.57 Å². The minimum absolute atomic E-state index is 0.185. The van der Waals surface area contributed by atoms with Gasteiger partial charge in [0.05, 0.1) is 11.0 Å². The molecule has 206 valence electrons. The first-order valence-corrected chi connectivity index (χ1v) is 15.3. The fourth-order valence-electron chi connectivity index (χ4n) is 7.28. The van der Waals surface area contributed by atoms with E-state index in [1.807, 2.05) is 0 Å². The van der Waals surface area contributed by atoms with Crippen molar-refractivity contribution in [2.24, 2.45) is 0 Å². The van der Waals surface area contributed by atoms with Crippen LogP contribution >= 0.6 is 0 Å². The fraction of sp³-hybridized carbons (Fsp3) is 0.0233. The summed E-state index contributed by atoms with van der Waals surface area (Å²) >= 11 is 0. The first kappa shape index (κ1) is 24.9. The Morgan fingerprint density at radius 2 is 1.00 bits per heavy atom. The van der Waals surface area contributed by atoms with Gasteiger partial charge in [-0.2, -0.15) is 0 Å². The minimum atomic E-state index is 0.185. The van der Waals surface area contributed by atoms with Crippen molar-refractivity contribution in [2.75, 3.05) is 0 Å². The maximum atomic E-state index is 2.44. The lowest BCUT2D eigenvalue weighted by Gasteiger charge is -2.17. The molecule has 0 saturated heterocycles. The molecule has 1 atom stereocenters. The highest BCUT2D eigenvalue weighted by Gasteiger charge is 2.30. The number of aromatic nitrogens is 1. The summed E-state index contributed by atoms with van der Waals surface area (Å²) in [6.07, 6.45) is 0. The van der Waals surface area contributed by atoms with Gasteiger partial charge in [0.15, 0.2) is 0 Å². The number of benzene rings is 7. The Labute approximate surface area is 257 Å². The average molecular weight is 560 g/mol. The van der Waals surface area contributed by atoms with Crippen LogP contribution in [-0.2, 0) is 0 Å². The maximum Gasteiger partial charge on any atom is 0.0547 e. The highest BCUT2D eigenvalue weighted by molar-refractivity contribution is 6.10. The fourth-order valence-corrected chi connectivity index (χ4v) is 7.28. The third-order valence-electron chi connectivity index (χ3n) is 9.27. The third kappa shape index (κ3) is 3.87. The van der Waals surface area contributed by atoms with Gasteiger partial charge in [-0.1, -0.05) is 140 Å². The second-order valence-electron chi connectivity index (χ2n) is 11.7. The predicted octanol–water partition coefficient (Wildman–Crippen LogP) is 11.3. The highest BCUT2D eigenvalue weighted by Crippen LogP contribution is 2.49. The van der Waals surface area contributed by atoms with Crippen LogP contribution in [0.25, 0.3) is 60.9 Å². The molecule has 0 amide bonds. The van der Waals surface area contributed by atoms with Gasteiger partial charge in [0, 0.05) is 22.4 Å². The zero-order valence-electron chi connectivity index (χ0n) is 24.2. The number of para-hydroxylation sites is 2. The van der Waals surface area contributed by atoms with Gasteiger partial charge >= 0.3 is 0 Å². The van der Waals surface area contributed by atoms with Gasteiger partial charge in [-0.15, -0.1) is 0 Å². The Kier molecular flexibility index (Phi) is 5.64. The van der Waals surface area contributed by atoms with Gasteiger partial charge in [0.25, 0.3) is 0 Å². The van der Waals surface area contributed by atoms with Crippen LogP contribution in [-0.4, -0.2) is 4.57 Å². The molecule has 0 N–H and O–H groups in total. The van der Waals surface area contributed by atoms with Gasteiger partial charge in [0.2, 0.25) is 0 Å². The van der Waals surface area contributed by atoms with Crippen LogP contribution in [0.15, 0.2) is 170 Å². The van der Waals surface area contributed by atoms with Crippen molar-refractivity contribution in [3.63, 3.8) is 0 Å². The molecule has 1 aliphatic carbocycles. The van der Waals surface area contributed by atoms with Crippen LogP contribution in [0.1, 0.15) is 22.6 Å². The molecule has 1 nitrogen and oxygen atoms in total. The topological polar surface area (TPSA) is 4.93 Å². The van der Waals surface area contributed by atoms with Crippen LogP contribution in [0, 0.1) is 0 Å². The lowest BCUT2D eigenvalue weighted by atomic mass is 9.86. The van der Waals surface area contributed by atoms with E-state index in [1.165, 1.54) is 77.6 Å². The lowest BCUT2D eigenvalue weighted by molar-refractivity contribution is 1.02. The summed E-state index contributed by atoms with van der Waals surface area (Å²) in [4.78, 5) is 0. The molecule has 9 rings (SSSR count). The lowest BCUT2D eigenvalue weighted by Crippen LogP contribution is -2.00. The Morgan fingerprint density at radius 3 is 1.89 bits per heavy atom. The molecule has 1 aliphatic rings. The first-order valence-electron chi connectivity index (χ1n) is 15.3. The number of nitrogens with zero attached hydrogens (tertiary/aromatic N) is 1. The predicted molar refractivity (Wildman–Crippen MR) is 184 cm³/mol. The van der Waals surface area contributed by atoms with Crippen LogP contribution < -0.4 is 0 Å². The molecule has 44 heavy (non-hydrogen) atoms. The van der Waals surface area contributed by atoms with Crippen molar-refractivity contribution in [2.45, 2.75) is 5.92 Å². The average Bonchev–Trinajstić information content (AvgIpc) is 3.61. The van der Waals surface area contributed by atoms with Crippen LogP contribution in [0.3, 0.4) is 0 Å². The van der Waals surface area contributed by atoms with E-state index in [0.29, 0.717) is 0 Å². The number of hydrogen-bond acceptors (Lipinski definition) is 0. The van der Waals surface area contributed by atoms with Crippen molar-refractivity contribution in [3.05, 3.63) is 187 Å². The van der Waals surface area contributed by atoms with Gasteiger partial charge in [-0.3, -0.25) is 0 Å². The molecule has 1 heteroatoms. The molecule has 1 aromatic heterocycles. The molecular formula is C43H29N. The van der Waals surface area contributed by atoms with E-state index in [2.05, 4.69) is 174 Å².